The Labute approximate surface area is 69.5 Å². The summed E-state index contributed by atoms with van der Waals surface area (Å²) in [7, 11) is 0. The molecule has 2 nitrogen and oxygen atoms in total. The van der Waals surface area contributed by atoms with E-state index in [0.29, 0.717) is 0 Å². The average molecular weight is 207 g/mol. The Bertz CT molecular complexity index is 241. The minimum atomic E-state index is -2.13. The van der Waals surface area contributed by atoms with E-state index in [1.54, 1.807) is 0 Å². The number of rotatable bonds is 0. The van der Waals surface area contributed by atoms with E-state index in [2.05, 4.69) is 23.7 Å². The van der Waals surface area contributed by atoms with Crippen LogP contribution in [0.25, 0.3) is 0 Å². The predicted octanol–water partition coefficient (Wildman–Crippen LogP) is 2.05. The molecule has 0 unspecified atom stereocenters. The predicted molar refractivity (Wildman–Crippen MR) is 45.3 cm³/mol. The van der Waals surface area contributed by atoms with Crippen LogP contribution in [0.2, 0.25) is 21.0 Å². The van der Waals surface area contributed by atoms with Crippen LogP contribution in [0, 0.1) is 22.7 Å². The molecule has 0 saturated heterocycles. The number of allylic oxidation sites excluding steroid dienone is 2. The molecule has 0 fully saturated rings. The second kappa shape index (κ2) is 2.71. The zero-order valence-electron chi connectivity index (χ0n) is 6.70. The summed E-state index contributed by atoms with van der Waals surface area (Å²) in [6, 6.07) is 4.53. The third-order valence-corrected chi connectivity index (χ3v) is 10.5. The average Bonchev–Trinajstić information content (AvgIpc) is 2.24. The molecule has 0 radical (unpaired) electrons. The van der Waals surface area contributed by atoms with Crippen LogP contribution in [-0.2, 0) is 0 Å². The summed E-state index contributed by atoms with van der Waals surface area (Å²) in [5.74, 6) is 4.28. The van der Waals surface area contributed by atoms with E-state index in [4.69, 9.17) is 10.5 Å². The molecule has 56 valence electrons. The van der Waals surface area contributed by atoms with Crippen molar-refractivity contribution in [3.8, 4) is 12.1 Å². The normalized spacial score (nSPS) is 32.7. The van der Waals surface area contributed by atoms with Gasteiger partial charge < -0.3 is 0 Å². The molecule has 0 aromatic rings. The summed E-state index contributed by atoms with van der Waals surface area (Å²) in [4.78, 5) is 0. The van der Waals surface area contributed by atoms with Crippen molar-refractivity contribution >= 4 is 13.3 Å². The van der Waals surface area contributed by atoms with Crippen LogP contribution in [0.5, 0.6) is 0 Å². The van der Waals surface area contributed by atoms with Gasteiger partial charge in [-0.3, -0.25) is 0 Å². The molecule has 0 aromatic carbocycles. The number of nitrogens with zero attached hydrogens (tertiary/aromatic N) is 2. The van der Waals surface area contributed by atoms with E-state index in [0.717, 1.165) is 0 Å². The van der Waals surface area contributed by atoms with Crippen molar-refractivity contribution in [3.63, 3.8) is 0 Å². The fraction of sp³-hybridized carbons (Fsp3) is 0.500. The molecule has 0 amide bonds. The van der Waals surface area contributed by atoms with Crippen molar-refractivity contribution in [1.82, 2.24) is 0 Å². The summed E-state index contributed by atoms with van der Waals surface area (Å²) < 4.78 is 0.166. The molecule has 11 heavy (non-hydrogen) atoms. The van der Waals surface area contributed by atoms with Crippen LogP contribution in [0.4, 0.5) is 0 Å². The quantitative estimate of drug-likeness (QED) is 0.450. The summed E-state index contributed by atoms with van der Waals surface area (Å²) >= 11 is -2.13. The molecule has 1 rings (SSSR count). The number of hydrogen-bond donors (Lipinski definition) is 0. The van der Waals surface area contributed by atoms with Gasteiger partial charge >= 0.3 is 69.1 Å². The van der Waals surface area contributed by atoms with Crippen LogP contribution in [0.15, 0.2) is 12.2 Å². The van der Waals surface area contributed by atoms with E-state index in [-0.39, 0.29) is 9.50 Å². The fourth-order valence-corrected chi connectivity index (χ4v) is 6.09. The molecular formula is C8H10GeN2. The van der Waals surface area contributed by atoms with Gasteiger partial charge in [0.25, 0.3) is 0 Å². The maximum atomic E-state index is 8.75. The van der Waals surface area contributed by atoms with Crippen LogP contribution in [0.1, 0.15) is 0 Å². The van der Waals surface area contributed by atoms with Crippen LogP contribution in [0.3, 0.4) is 0 Å². The molecule has 3 heteroatoms. The first kappa shape index (κ1) is 8.36. The molecule has 0 aromatic heterocycles. The van der Waals surface area contributed by atoms with Gasteiger partial charge in [-0.15, -0.1) is 0 Å². The minimum absolute atomic E-state index is 0.0830. The van der Waals surface area contributed by atoms with E-state index in [1.165, 1.54) is 0 Å². The van der Waals surface area contributed by atoms with Gasteiger partial charge in [-0.2, -0.15) is 0 Å². The molecular weight excluding hydrogens is 197 g/mol. The Morgan fingerprint density at radius 3 is 1.64 bits per heavy atom. The molecule has 1 aliphatic rings. The topological polar surface area (TPSA) is 47.6 Å². The van der Waals surface area contributed by atoms with E-state index in [9.17, 15) is 0 Å². The van der Waals surface area contributed by atoms with E-state index < -0.39 is 13.3 Å². The van der Waals surface area contributed by atoms with Crippen LogP contribution >= 0.6 is 0 Å². The van der Waals surface area contributed by atoms with Gasteiger partial charge in [0.2, 0.25) is 0 Å². The van der Waals surface area contributed by atoms with Gasteiger partial charge in [-0.1, -0.05) is 0 Å². The molecule has 1 aliphatic heterocycles. The molecule has 0 bridgehead atoms. The van der Waals surface area contributed by atoms with Gasteiger partial charge in [0.1, 0.15) is 0 Å². The number of hydrogen-bond acceptors (Lipinski definition) is 2. The first-order valence-corrected chi connectivity index (χ1v) is 10.2. The summed E-state index contributed by atoms with van der Waals surface area (Å²) in [6.07, 6.45) is 3.82. The monoisotopic (exact) mass is 208 g/mol. The van der Waals surface area contributed by atoms with Gasteiger partial charge in [-0.05, 0) is 0 Å². The van der Waals surface area contributed by atoms with Crippen molar-refractivity contribution in [2.24, 2.45) is 0 Å². The molecule has 0 N–H and O–H groups in total. The van der Waals surface area contributed by atoms with Crippen LogP contribution < -0.4 is 0 Å². The van der Waals surface area contributed by atoms with Crippen molar-refractivity contribution in [2.75, 3.05) is 0 Å². The zero-order valence-corrected chi connectivity index (χ0v) is 8.80. The Kier molecular flexibility index (Phi) is 2.06. The van der Waals surface area contributed by atoms with Gasteiger partial charge in [0.15, 0.2) is 0 Å². The van der Waals surface area contributed by atoms with Gasteiger partial charge in [0.05, 0.1) is 0 Å². The standard InChI is InChI=1S/C8H10GeN2/c1-9(2)7(5-10)3-4-8(9)6-11/h3-4,7-8H,1-2H3/t7-,8+. The summed E-state index contributed by atoms with van der Waals surface area (Å²) in [5, 5.41) is 17.5. The fourth-order valence-electron chi connectivity index (χ4n) is 1.33. The second-order valence-electron chi connectivity index (χ2n) is 3.42. The summed E-state index contributed by atoms with van der Waals surface area (Å²) in [6.45, 7) is 0. The molecule has 0 saturated carbocycles. The molecule has 2 atom stereocenters. The maximum absolute atomic E-state index is 8.75. The molecule has 0 spiro atoms. The Morgan fingerprint density at radius 1 is 1.09 bits per heavy atom. The van der Waals surface area contributed by atoms with Crippen molar-refractivity contribution in [2.45, 2.75) is 21.0 Å². The van der Waals surface area contributed by atoms with Gasteiger partial charge in [0, 0.05) is 0 Å². The third kappa shape index (κ3) is 1.19. The third-order valence-electron chi connectivity index (χ3n) is 2.38. The summed E-state index contributed by atoms with van der Waals surface area (Å²) in [5.41, 5.74) is 0. The van der Waals surface area contributed by atoms with Crippen molar-refractivity contribution in [3.05, 3.63) is 12.2 Å². The van der Waals surface area contributed by atoms with Crippen LogP contribution in [-0.4, -0.2) is 13.3 Å². The van der Waals surface area contributed by atoms with Crippen molar-refractivity contribution in [1.29, 1.82) is 10.5 Å². The van der Waals surface area contributed by atoms with Crippen molar-refractivity contribution < 1.29 is 0 Å². The second-order valence-corrected chi connectivity index (χ2v) is 13.7. The molecule has 0 aliphatic carbocycles. The Hall–Kier alpha value is -0.737. The Balaban J connectivity index is 2.93. The zero-order chi connectivity index (χ0) is 8.48. The van der Waals surface area contributed by atoms with E-state index in [1.807, 2.05) is 12.2 Å². The molecule has 1 heterocycles. The first-order valence-electron chi connectivity index (χ1n) is 3.60. The SMILES string of the molecule is [CH3][Ge]1([CH3])[C@H](C#N)C=C[C@@H]1C#N. The number of nitriles is 2. The van der Waals surface area contributed by atoms with E-state index >= 15 is 0 Å². The first-order chi connectivity index (χ1) is 5.12. The Morgan fingerprint density at radius 2 is 1.45 bits per heavy atom. The van der Waals surface area contributed by atoms with Gasteiger partial charge in [-0.25, -0.2) is 0 Å².